The fraction of sp³-hybridized carbons (Fsp3) is 1.00. The van der Waals surface area contributed by atoms with Gasteiger partial charge in [-0.2, -0.15) is 0 Å². The molecule has 0 aromatic rings. The van der Waals surface area contributed by atoms with Crippen molar-refractivity contribution in [1.82, 2.24) is 0 Å². The van der Waals surface area contributed by atoms with Crippen molar-refractivity contribution in [2.45, 2.75) is 96.9 Å². The van der Waals surface area contributed by atoms with Gasteiger partial charge in [-0.1, -0.05) is 72.1 Å². The molecule has 1 aliphatic carbocycles. The first-order chi connectivity index (χ1) is 8.02. The molecule has 1 rings (SSSR count). The summed E-state index contributed by atoms with van der Waals surface area (Å²) in [6.45, 7) is 7.00. The number of hydrogen-bond donors (Lipinski definition) is 1. The molecule has 2 N–H and O–H groups in total. The molecule has 102 valence electrons. The number of nitrogens with two attached hydrogens (primary N) is 1. The van der Waals surface area contributed by atoms with Crippen LogP contribution < -0.4 is 5.73 Å². The van der Waals surface area contributed by atoms with Crippen LogP contribution >= 0.6 is 0 Å². The second-order valence-corrected chi connectivity index (χ2v) is 6.76. The van der Waals surface area contributed by atoms with Crippen molar-refractivity contribution >= 4 is 0 Å². The maximum Gasteiger partial charge on any atom is 0.0206 e. The predicted octanol–water partition coefficient (Wildman–Crippen LogP) is 5.03. The second-order valence-electron chi connectivity index (χ2n) is 6.76. The third-order valence-electron chi connectivity index (χ3n) is 5.00. The molecule has 0 amide bonds. The quantitative estimate of drug-likeness (QED) is 0.590. The van der Waals surface area contributed by atoms with Gasteiger partial charge in [0, 0.05) is 5.54 Å². The Hall–Kier alpha value is -0.0400. The second kappa shape index (κ2) is 6.78. The molecule has 1 saturated carbocycles. The van der Waals surface area contributed by atoms with Gasteiger partial charge in [-0.05, 0) is 24.7 Å². The Morgan fingerprint density at radius 2 is 1.47 bits per heavy atom. The van der Waals surface area contributed by atoms with E-state index in [1.54, 1.807) is 0 Å². The summed E-state index contributed by atoms with van der Waals surface area (Å²) in [6, 6.07) is 0. The zero-order valence-corrected chi connectivity index (χ0v) is 12.4. The third-order valence-corrected chi connectivity index (χ3v) is 5.00. The van der Waals surface area contributed by atoms with E-state index in [1.165, 1.54) is 70.6 Å². The summed E-state index contributed by atoms with van der Waals surface area (Å²) in [5, 5.41) is 0. The largest absolute Gasteiger partial charge is 0.325 e. The van der Waals surface area contributed by atoms with Crippen LogP contribution in [0.3, 0.4) is 0 Å². The minimum absolute atomic E-state index is 0.135. The highest BCUT2D eigenvalue weighted by Gasteiger charge is 2.44. The monoisotopic (exact) mass is 239 g/mol. The molecular weight excluding hydrogens is 206 g/mol. The van der Waals surface area contributed by atoms with Crippen molar-refractivity contribution in [3.63, 3.8) is 0 Å². The molecule has 0 aliphatic heterocycles. The molecule has 0 aromatic carbocycles. The normalized spacial score (nSPS) is 27.5. The molecule has 1 aliphatic rings. The molecule has 0 heterocycles. The highest BCUT2D eigenvalue weighted by molar-refractivity contribution is 5.02. The van der Waals surface area contributed by atoms with Crippen molar-refractivity contribution in [3.8, 4) is 0 Å². The lowest BCUT2D eigenvalue weighted by Crippen LogP contribution is -2.48. The SMILES string of the molecule is CCCCCCCCCC1(N)CCCC1(C)C. The molecule has 0 radical (unpaired) electrons. The summed E-state index contributed by atoms with van der Waals surface area (Å²) in [5.74, 6) is 0. The topological polar surface area (TPSA) is 26.0 Å². The van der Waals surface area contributed by atoms with E-state index < -0.39 is 0 Å². The highest BCUT2D eigenvalue weighted by Crippen LogP contribution is 2.46. The van der Waals surface area contributed by atoms with E-state index in [-0.39, 0.29) is 5.54 Å². The fourth-order valence-electron chi connectivity index (χ4n) is 3.29. The maximum atomic E-state index is 6.60. The molecule has 1 fully saturated rings. The lowest BCUT2D eigenvalue weighted by Gasteiger charge is -2.38. The zero-order valence-electron chi connectivity index (χ0n) is 12.4. The maximum absolute atomic E-state index is 6.60. The van der Waals surface area contributed by atoms with Gasteiger partial charge in [-0.25, -0.2) is 0 Å². The molecule has 0 aromatic heterocycles. The summed E-state index contributed by atoms with van der Waals surface area (Å²) in [7, 11) is 0. The van der Waals surface area contributed by atoms with E-state index in [9.17, 15) is 0 Å². The van der Waals surface area contributed by atoms with E-state index in [0.717, 1.165) is 0 Å². The zero-order chi connectivity index (χ0) is 12.8. The molecule has 0 bridgehead atoms. The van der Waals surface area contributed by atoms with E-state index in [1.807, 2.05) is 0 Å². The number of unbranched alkanes of at least 4 members (excludes halogenated alkanes) is 6. The summed E-state index contributed by atoms with van der Waals surface area (Å²) < 4.78 is 0. The molecule has 1 heteroatoms. The van der Waals surface area contributed by atoms with Crippen molar-refractivity contribution in [2.24, 2.45) is 11.1 Å². The fourth-order valence-corrected chi connectivity index (χ4v) is 3.29. The molecule has 1 atom stereocenters. The molecule has 0 spiro atoms. The minimum Gasteiger partial charge on any atom is -0.325 e. The van der Waals surface area contributed by atoms with E-state index in [0.29, 0.717) is 5.41 Å². The van der Waals surface area contributed by atoms with Crippen LogP contribution in [-0.2, 0) is 0 Å². The predicted molar refractivity (Wildman–Crippen MR) is 77.2 cm³/mol. The van der Waals surface area contributed by atoms with Gasteiger partial charge in [-0.3, -0.25) is 0 Å². The van der Waals surface area contributed by atoms with Gasteiger partial charge in [-0.15, -0.1) is 0 Å². The summed E-state index contributed by atoms with van der Waals surface area (Å²) in [4.78, 5) is 0. The molecule has 1 unspecified atom stereocenters. The van der Waals surface area contributed by atoms with Crippen molar-refractivity contribution in [3.05, 3.63) is 0 Å². The van der Waals surface area contributed by atoms with Crippen molar-refractivity contribution < 1.29 is 0 Å². The Kier molecular flexibility index (Phi) is 5.99. The average Bonchev–Trinajstić information content (AvgIpc) is 2.53. The third kappa shape index (κ3) is 4.28. The summed E-state index contributed by atoms with van der Waals surface area (Å²) in [5.41, 5.74) is 7.10. The van der Waals surface area contributed by atoms with Crippen LogP contribution in [0.2, 0.25) is 0 Å². The summed E-state index contributed by atoms with van der Waals surface area (Å²) >= 11 is 0. The van der Waals surface area contributed by atoms with Crippen LogP contribution in [0.4, 0.5) is 0 Å². The van der Waals surface area contributed by atoms with Crippen LogP contribution in [0, 0.1) is 5.41 Å². The molecule has 1 nitrogen and oxygen atoms in total. The van der Waals surface area contributed by atoms with Crippen molar-refractivity contribution in [1.29, 1.82) is 0 Å². The number of hydrogen-bond acceptors (Lipinski definition) is 1. The lowest BCUT2D eigenvalue weighted by atomic mass is 9.73. The van der Waals surface area contributed by atoms with Crippen LogP contribution in [-0.4, -0.2) is 5.54 Å². The Bertz CT molecular complexity index is 210. The first kappa shape index (κ1) is 15.0. The Morgan fingerprint density at radius 1 is 0.882 bits per heavy atom. The van der Waals surface area contributed by atoms with Gasteiger partial charge in [0.2, 0.25) is 0 Å². The van der Waals surface area contributed by atoms with Gasteiger partial charge < -0.3 is 5.73 Å². The van der Waals surface area contributed by atoms with Gasteiger partial charge >= 0.3 is 0 Å². The van der Waals surface area contributed by atoms with Gasteiger partial charge in [0.05, 0.1) is 0 Å². The lowest BCUT2D eigenvalue weighted by molar-refractivity contribution is 0.189. The van der Waals surface area contributed by atoms with Crippen molar-refractivity contribution in [2.75, 3.05) is 0 Å². The van der Waals surface area contributed by atoms with Crippen LogP contribution in [0.5, 0.6) is 0 Å². The Balaban J connectivity index is 2.10. The van der Waals surface area contributed by atoms with Gasteiger partial charge in [0.15, 0.2) is 0 Å². The number of rotatable bonds is 8. The Morgan fingerprint density at radius 3 is 2.00 bits per heavy atom. The smallest absolute Gasteiger partial charge is 0.0206 e. The van der Waals surface area contributed by atoms with E-state index in [4.69, 9.17) is 5.73 Å². The van der Waals surface area contributed by atoms with Crippen LogP contribution in [0.15, 0.2) is 0 Å². The minimum atomic E-state index is 0.135. The first-order valence-corrected chi connectivity index (χ1v) is 7.81. The molecule has 0 saturated heterocycles. The van der Waals surface area contributed by atoms with Crippen LogP contribution in [0.1, 0.15) is 91.4 Å². The highest BCUT2D eigenvalue weighted by atomic mass is 14.8. The van der Waals surface area contributed by atoms with Gasteiger partial charge in [0.1, 0.15) is 0 Å². The van der Waals surface area contributed by atoms with E-state index >= 15 is 0 Å². The molecule has 17 heavy (non-hydrogen) atoms. The van der Waals surface area contributed by atoms with Crippen LogP contribution in [0.25, 0.3) is 0 Å². The Labute approximate surface area is 109 Å². The summed E-state index contributed by atoms with van der Waals surface area (Å²) in [6.07, 6.45) is 14.9. The van der Waals surface area contributed by atoms with Gasteiger partial charge in [0.25, 0.3) is 0 Å². The molecular formula is C16H33N. The first-order valence-electron chi connectivity index (χ1n) is 7.81. The average molecular weight is 239 g/mol. The van der Waals surface area contributed by atoms with E-state index in [2.05, 4.69) is 20.8 Å². The standard InChI is InChI=1S/C16H33N/c1-4-5-6-7-8-9-10-13-16(17)14-11-12-15(16,2)3/h4-14,17H2,1-3H3.